The van der Waals surface area contributed by atoms with Crippen LogP contribution in [-0.4, -0.2) is 43.0 Å². The van der Waals surface area contributed by atoms with Gasteiger partial charge in [0.1, 0.15) is 11.5 Å². The molecule has 0 atom stereocenters. The van der Waals surface area contributed by atoms with Gasteiger partial charge in [-0.3, -0.25) is 4.79 Å². The molecule has 168 valence electrons. The Bertz CT molecular complexity index is 870. The highest BCUT2D eigenvalue weighted by molar-refractivity contribution is 7.99. The molecule has 31 heavy (non-hydrogen) atoms. The summed E-state index contributed by atoms with van der Waals surface area (Å²) in [5.41, 5.74) is 0.824. The van der Waals surface area contributed by atoms with Gasteiger partial charge in [0.15, 0.2) is 0 Å². The van der Waals surface area contributed by atoms with Gasteiger partial charge in [0.2, 0.25) is 5.78 Å². The molecule has 0 amide bonds. The lowest BCUT2D eigenvalue weighted by Gasteiger charge is -2.06. The third kappa shape index (κ3) is 12.9. The molecule has 0 unspecified atom stereocenters. The van der Waals surface area contributed by atoms with E-state index in [1.165, 1.54) is 6.92 Å². The van der Waals surface area contributed by atoms with Crippen molar-refractivity contribution in [2.24, 2.45) is 5.16 Å². The Morgan fingerprint density at radius 1 is 0.968 bits per heavy atom. The van der Waals surface area contributed by atoms with E-state index in [1.54, 1.807) is 23.9 Å². The minimum Gasteiger partial charge on any atom is -0.418 e. The monoisotopic (exact) mass is 475 g/mol. The van der Waals surface area contributed by atoms with Gasteiger partial charge < -0.3 is 22.1 Å². The van der Waals surface area contributed by atoms with Crippen molar-refractivity contribution in [3.05, 3.63) is 60.2 Å². The summed E-state index contributed by atoms with van der Waals surface area (Å²) >= 11 is 1.63. The summed E-state index contributed by atoms with van der Waals surface area (Å²) in [6.07, 6.45) is 4.69. The van der Waals surface area contributed by atoms with E-state index in [2.05, 4.69) is 17.7 Å². The van der Waals surface area contributed by atoms with E-state index in [0.717, 1.165) is 15.5 Å². The zero-order chi connectivity index (χ0) is 23.4. The third-order valence-corrected chi connectivity index (χ3v) is 5.43. The second-order valence-electron chi connectivity index (χ2n) is 6.32. The van der Waals surface area contributed by atoms with E-state index >= 15 is 0 Å². The number of Topliss-reactive ketones (excluding diaryl/α,β-unsaturated/α-hetero) is 1. The average molecular weight is 475 g/mol. The lowest BCUT2D eigenvalue weighted by molar-refractivity contribution is -0.140. The smallest absolute Gasteiger partial charge is 0.418 e. The van der Waals surface area contributed by atoms with Crippen LogP contribution in [0.5, 0.6) is 0 Å². The van der Waals surface area contributed by atoms with Gasteiger partial charge in [-0.25, -0.2) is 4.79 Å². The van der Waals surface area contributed by atoms with Gasteiger partial charge in [0, 0.05) is 28.7 Å². The van der Waals surface area contributed by atoms with E-state index < -0.39 is 13.2 Å². The van der Waals surface area contributed by atoms with Gasteiger partial charge in [-0.2, -0.15) is 0 Å². The molecule has 0 heterocycles. The summed E-state index contributed by atoms with van der Waals surface area (Å²) in [7, 11) is -5.83. The molecule has 0 aliphatic heterocycles. The number of rotatable bonds is 8. The molecule has 11 heteroatoms. The van der Waals surface area contributed by atoms with Gasteiger partial charge in [0.25, 0.3) is 0 Å². The first-order valence-corrected chi connectivity index (χ1v) is 12.0. The quantitative estimate of drug-likeness (QED) is 0.0962. The van der Waals surface area contributed by atoms with Crippen molar-refractivity contribution in [1.82, 2.24) is 0 Å². The lowest BCUT2D eigenvalue weighted by Crippen LogP contribution is -2.19. The van der Waals surface area contributed by atoms with Crippen molar-refractivity contribution in [2.75, 3.05) is 18.3 Å². The van der Waals surface area contributed by atoms with Crippen LogP contribution < -0.4 is 0 Å². The molecule has 2 aromatic rings. The molecule has 0 saturated carbocycles. The average Bonchev–Trinajstić information content (AvgIpc) is 2.67. The molecule has 0 fully saturated rings. The number of hydrogen-bond acceptors (Lipinski definition) is 5. The maximum Gasteiger partial charge on any atom is 0.673 e. The van der Waals surface area contributed by atoms with Gasteiger partial charge in [-0.05, 0) is 47.3 Å². The van der Waals surface area contributed by atoms with E-state index in [4.69, 9.17) is 4.84 Å². The molecule has 4 nitrogen and oxygen atoms in total. The molecule has 0 N–H and O–H groups in total. The van der Waals surface area contributed by atoms with Crippen molar-refractivity contribution in [2.45, 2.75) is 23.1 Å². The SMILES string of the molecule is CC(=O)ON=C(CC[S+](C)C)C(=O)c1ccc(Sc2ccccc2)cc1.F[B-](F)(F)F. The fraction of sp³-hybridized carbons (Fsp3) is 0.250. The Morgan fingerprint density at radius 3 is 1.97 bits per heavy atom. The largest absolute Gasteiger partial charge is 0.673 e. The number of nitrogens with zero attached hydrogens (tertiary/aromatic N) is 1. The highest BCUT2D eigenvalue weighted by atomic mass is 32.2. The van der Waals surface area contributed by atoms with Gasteiger partial charge >= 0.3 is 13.2 Å². The number of oxime groups is 1. The normalized spacial score (nSPS) is 11.5. The number of ketones is 1. The zero-order valence-corrected chi connectivity index (χ0v) is 18.8. The molecule has 0 bridgehead atoms. The molecule has 0 aliphatic carbocycles. The minimum absolute atomic E-state index is 0.173. The Kier molecular flexibility index (Phi) is 11.4. The van der Waals surface area contributed by atoms with Crippen LogP contribution in [0, 0.1) is 0 Å². The maximum atomic E-state index is 12.7. The van der Waals surface area contributed by atoms with Gasteiger partial charge in [0.05, 0.1) is 12.5 Å². The fourth-order valence-corrected chi connectivity index (χ4v) is 3.53. The first kappa shape index (κ1) is 26.8. The number of benzene rings is 2. The summed E-state index contributed by atoms with van der Waals surface area (Å²) in [6, 6.07) is 17.5. The van der Waals surface area contributed by atoms with Gasteiger partial charge in [-0.1, -0.05) is 35.1 Å². The molecule has 0 aromatic heterocycles. The van der Waals surface area contributed by atoms with Crippen LogP contribution in [0.15, 0.2) is 69.5 Å². The Morgan fingerprint density at radius 2 is 1.48 bits per heavy atom. The van der Waals surface area contributed by atoms with Crippen molar-refractivity contribution >= 4 is 47.4 Å². The Labute approximate surface area is 185 Å². The predicted octanol–water partition coefficient (Wildman–Crippen LogP) is 5.51. The van der Waals surface area contributed by atoms with Gasteiger partial charge in [-0.15, -0.1) is 0 Å². The molecule has 2 rings (SSSR count). The van der Waals surface area contributed by atoms with E-state index in [1.807, 2.05) is 42.5 Å². The molecule has 0 spiro atoms. The molecule has 0 aliphatic rings. The third-order valence-electron chi connectivity index (χ3n) is 3.39. The van der Waals surface area contributed by atoms with Crippen LogP contribution in [-0.2, 0) is 20.5 Å². The van der Waals surface area contributed by atoms with Crippen LogP contribution >= 0.6 is 11.8 Å². The topological polar surface area (TPSA) is 55.7 Å². The minimum atomic E-state index is -6.00. The van der Waals surface area contributed by atoms with E-state index in [9.17, 15) is 26.9 Å². The fourth-order valence-electron chi connectivity index (χ4n) is 2.09. The number of carbonyl (C=O) groups is 2. The summed E-state index contributed by atoms with van der Waals surface area (Å²) in [4.78, 5) is 30.6. The summed E-state index contributed by atoms with van der Waals surface area (Å²) in [5, 5.41) is 3.78. The van der Waals surface area contributed by atoms with Crippen molar-refractivity contribution in [1.29, 1.82) is 0 Å². The van der Waals surface area contributed by atoms with Crippen molar-refractivity contribution in [3.63, 3.8) is 0 Å². The zero-order valence-electron chi connectivity index (χ0n) is 17.2. The van der Waals surface area contributed by atoms with Crippen LogP contribution in [0.3, 0.4) is 0 Å². The number of halogens is 4. The highest BCUT2D eigenvalue weighted by Gasteiger charge is 2.20. The van der Waals surface area contributed by atoms with Crippen molar-refractivity contribution < 1.29 is 31.7 Å². The first-order chi connectivity index (χ1) is 14.5. The first-order valence-electron chi connectivity index (χ1n) is 8.99. The maximum absolute atomic E-state index is 12.7. The second kappa shape index (κ2) is 13.2. The van der Waals surface area contributed by atoms with E-state index in [0.29, 0.717) is 12.0 Å². The standard InChI is InChI=1S/C20H22NO3S2.BF4/c1-15(22)24-21-19(13-14-26(2)3)20(23)16-9-11-18(12-10-16)25-17-7-5-4-6-8-17;2-1(3,4)5/h4-12H,13-14H2,1-3H3;/q+1;-1. The van der Waals surface area contributed by atoms with Crippen LogP contribution in [0.2, 0.25) is 0 Å². The lowest BCUT2D eigenvalue weighted by atomic mass is 10.1. The molecule has 2 aromatic carbocycles. The summed E-state index contributed by atoms with van der Waals surface area (Å²) < 4.78 is 39.0. The summed E-state index contributed by atoms with van der Waals surface area (Å²) in [6.45, 7) is 1.27. The molecular weight excluding hydrogens is 453 g/mol. The van der Waals surface area contributed by atoms with Crippen LogP contribution in [0.25, 0.3) is 0 Å². The molecular formula is C20H22BF4NO3S2. The van der Waals surface area contributed by atoms with E-state index in [-0.39, 0.29) is 22.4 Å². The predicted molar refractivity (Wildman–Crippen MR) is 119 cm³/mol. The van der Waals surface area contributed by atoms with Crippen LogP contribution in [0.1, 0.15) is 23.7 Å². The van der Waals surface area contributed by atoms with Crippen molar-refractivity contribution in [3.8, 4) is 0 Å². The molecule has 0 radical (unpaired) electrons. The summed E-state index contributed by atoms with van der Waals surface area (Å²) in [5.74, 6) is 0.0956. The van der Waals surface area contributed by atoms with Crippen LogP contribution in [0.4, 0.5) is 17.3 Å². The molecule has 0 saturated heterocycles. The Balaban J connectivity index is 0.000000861. The Hall–Kier alpha value is -2.27. The number of hydrogen-bond donors (Lipinski definition) is 0. The second-order valence-corrected chi connectivity index (χ2v) is 9.85. The highest BCUT2D eigenvalue weighted by Crippen LogP contribution is 2.27. The number of carbonyl (C=O) groups excluding carboxylic acids is 2.